The summed E-state index contributed by atoms with van der Waals surface area (Å²) in [4.78, 5) is 22.5. The topological polar surface area (TPSA) is 131 Å². The Morgan fingerprint density at radius 2 is 1.28 bits per heavy atom. The zero-order valence-electron chi connectivity index (χ0n) is 29.0. The number of amides is 1. The highest BCUT2D eigenvalue weighted by Gasteiger charge is 2.26. The lowest BCUT2D eigenvalue weighted by Gasteiger charge is -2.23. The number of nitrogens with two attached hydrogens (primary N) is 1. The van der Waals surface area contributed by atoms with E-state index in [1.807, 2.05) is 6.08 Å². The predicted molar refractivity (Wildman–Crippen MR) is 193 cm³/mol. The number of phosphoric ester groups is 1. The summed E-state index contributed by atoms with van der Waals surface area (Å²) in [7, 11) is -4.34. The first-order chi connectivity index (χ1) is 22.4. The molecule has 0 aliphatic carbocycles. The summed E-state index contributed by atoms with van der Waals surface area (Å²) in [6.07, 6.45) is 39.8. The maximum atomic E-state index is 12.7. The lowest BCUT2D eigenvalue weighted by Crippen LogP contribution is -2.45. The Kier molecular flexibility index (Phi) is 31.8. The fraction of sp³-hybridized carbons (Fsp3) is 0.703. The molecule has 0 radical (unpaired) electrons. The zero-order chi connectivity index (χ0) is 34.0. The molecule has 3 atom stereocenters. The minimum absolute atomic E-state index is 0.0680. The molecular formula is C37H67N2O6P. The summed E-state index contributed by atoms with van der Waals surface area (Å²) in [5.74, 6) is -0.226. The highest BCUT2D eigenvalue weighted by molar-refractivity contribution is 7.47. The summed E-state index contributed by atoms with van der Waals surface area (Å²) in [6.45, 7) is 3.93. The number of aliphatic hydroxyl groups is 1. The second-order valence-electron chi connectivity index (χ2n) is 11.7. The van der Waals surface area contributed by atoms with Crippen molar-refractivity contribution in [3.05, 3.63) is 60.8 Å². The van der Waals surface area contributed by atoms with E-state index in [9.17, 15) is 19.4 Å². The predicted octanol–water partition coefficient (Wildman–Crippen LogP) is 9.16. The van der Waals surface area contributed by atoms with E-state index in [0.717, 1.165) is 77.0 Å². The van der Waals surface area contributed by atoms with Crippen molar-refractivity contribution in [3.8, 4) is 0 Å². The molecule has 0 aliphatic rings. The molecule has 0 saturated heterocycles. The smallest absolute Gasteiger partial charge is 0.387 e. The molecule has 9 heteroatoms. The Morgan fingerprint density at radius 1 is 0.739 bits per heavy atom. The summed E-state index contributed by atoms with van der Waals surface area (Å²) >= 11 is 0. The van der Waals surface area contributed by atoms with Crippen LogP contribution in [0.2, 0.25) is 0 Å². The van der Waals surface area contributed by atoms with Gasteiger partial charge in [-0.3, -0.25) is 13.8 Å². The van der Waals surface area contributed by atoms with Crippen molar-refractivity contribution < 1.29 is 28.4 Å². The van der Waals surface area contributed by atoms with Crippen LogP contribution < -0.4 is 11.1 Å². The summed E-state index contributed by atoms with van der Waals surface area (Å²) < 4.78 is 22.0. The van der Waals surface area contributed by atoms with E-state index in [-0.39, 0.29) is 25.7 Å². The Morgan fingerprint density at radius 3 is 1.93 bits per heavy atom. The molecule has 0 heterocycles. The van der Waals surface area contributed by atoms with Gasteiger partial charge in [-0.05, 0) is 64.2 Å². The van der Waals surface area contributed by atoms with Gasteiger partial charge in [-0.15, -0.1) is 0 Å². The highest BCUT2D eigenvalue weighted by Crippen LogP contribution is 2.43. The summed E-state index contributed by atoms with van der Waals surface area (Å²) in [5, 5.41) is 13.5. The van der Waals surface area contributed by atoms with Gasteiger partial charge in [0.15, 0.2) is 0 Å². The van der Waals surface area contributed by atoms with Gasteiger partial charge in [-0.1, -0.05) is 126 Å². The number of nitrogens with one attached hydrogen (secondary N) is 1. The Bertz CT molecular complexity index is 902. The van der Waals surface area contributed by atoms with E-state index in [1.165, 1.54) is 38.5 Å². The lowest BCUT2D eigenvalue weighted by molar-refractivity contribution is -0.123. The molecule has 0 bridgehead atoms. The van der Waals surface area contributed by atoms with E-state index < -0.39 is 20.0 Å². The van der Waals surface area contributed by atoms with Crippen LogP contribution in [0.1, 0.15) is 136 Å². The third-order valence-electron chi connectivity index (χ3n) is 7.33. The molecule has 1 amide bonds. The Labute approximate surface area is 281 Å². The first kappa shape index (κ1) is 44.2. The van der Waals surface area contributed by atoms with Crippen LogP contribution in [-0.4, -0.2) is 47.8 Å². The molecule has 0 aromatic carbocycles. The first-order valence-electron chi connectivity index (χ1n) is 17.9. The number of phosphoric acid groups is 1. The summed E-state index contributed by atoms with van der Waals surface area (Å²) in [5.41, 5.74) is 5.34. The van der Waals surface area contributed by atoms with Crippen LogP contribution in [0.3, 0.4) is 0 Å². The maximum Gasteiger partial charge on any atom is 0.472 e. The molecule has 266 valence electrons. The minimum Gasteiger partial charge on any atom is -0.387 e. The molecule has 5 N–H and O–H groups in total. The van der Waals surface area contributed by atoms with Crippen LogP contribution in [0.15, 0.2) is 60.8 Å². The van der Waals surface area contributed by atoms with Gasteiger partial charge in [-0.25, -0.2) is 4.57 Å². The Balaban J connectivity index is 4.44. The zero-order valence-corrected chi connectivity index (χ0v) is 29.9. The van der Waals surface area contributed by atoms with E-state index in [1.54, 1.807) is 6.08 Å². The maximum absolute atomic E-state index is 12.7. The van der Waals surface area contributed by atoms with Gasteiger partial charge in [0.2, 0.25) is 5.91 Å². The number of hydrogen-bond donors (Lipinski definition) is 4. The molecule has 0 aliphatic heterocycles. The molecule has 0 aromatic rings. The van der Waals surface area contributed by atoms with Crippen LogP contribution in [0.4, 0.5) is 0 Å². The van der Waals surface area contributed by atoms with Crippen molar-refractivity contribution in [2.75, 3.05) is 19.8 Å². The summed E-state index contributed by atoms with van der Waals surface area (Å²) in [6, 6.07) is -0.886. The number of hydrogen-bond acceptors (Lipinski definition) is 6. The average Bonchev–Trinajstić information content (AvgIpc) is 3.04. The number of rotatable bonds is 32. The third kappa shape index (κ3) is 30.8. The van der Waals surface area contributed by atoms with Gasteiger partial charge in [0, 0.05) is 13.0 Å². The SMILES string of the molecule is CC/C=C\C/C=C\C/C=C\CCCCCCCC(=O)NC(COP(=O)(O)OCCN)C(O)/C=C/CC/C=C/CCCCCCCC. The van der Waals surface area contributed by atoms with Crippen LogP contribution in [0.5, 0.6) is 0 Å². The van der Waals surface area contributed by atoms with Crippen molar-refractivity contribution in [1.82, 2.24) is 5.32 Å². The van der Waals surface area contributed by atoms with E-state index in [0.29, 0.717) is 6.42 Å². The van der Waals surface area contributed by atoms with Gasteiger partial charge in [0.1, 0.15) is 0 Å². The fourth-order valence-electron chi connectivity index (χ4n) is 4.63. The molecule has 0 aromatic heterocycles. The second-order valence-corrected chi connectivity index (χ2v) is 13.1. The highest BCUT2D eigenvalue weighted by atomic mass is 31.2. The number of allylic oxidation sites excluding steroid dienone is 9. The van der Waals surface area contributed by atoms with Crippen molar-refractivity contribution in [1.29, 1.82) is 0 Å². The number of carbonyl (C=O) groups excluding carboxylic acids is 1. The molecular weight excluding hydrogens is 599 g/mol. The van der Waals surface area contributed by atoms with Gasteiger partial charge in [0.25, 0.3) is 0 Å². The largest absolute Gasteiger partial charge is 0.472 e. The van der Waals surface area contributed by atoms with E-state index >= 15 is 0 Å². The van der Waals surface area contributed by atoms with Crippen LogP contribution >= 0.6 is 7.82 Å². The van der Waals surface area contributed by atoms with Gasteiger partial charge in [-0.2, -0.15) is 0 Å². The van der Waals surface area contributed by atoms with E-state index in [4.69, 9.17) is 14.8 Å². The van der Waals surface area contributed by atoms with Gasteiger partial charge < -0.3 is 21.1 Å². The lowest BCUT2D eigenvalue weighted by atomic mass is 10.1. The fourth-order valence-corrected chi connectivity index (χ4v) is 5.39. The van der Waals surface area contributed by atoms with Crippen molar-refractivity contribution in [3.63, 3.8) is 0 Å². The van der Waals surface area contributed by atoms with Crippen molar-refractivity contribution in [2.24, 2.45) is 5.73 Å². The third-order valence-corrected chi connectivity index (χ3v) is 8.31. The van der Waals surface area contributed by atoms with Crippen LogP contribution in [0, 0.1) is 0 Å². The van der Waals surface area contributed by atoms with Crippen LogP contribution in [0.25, 0.3) is 0 Å². The van der Waals surface area contributed by atoms with Gasteiger partial charge in [0.05, 0.1) is 25.4 Å². The second kappa shape index (κ2) is 33.1. The molecule has 46 heavy (non-hydrogen) atoms. The quantitative estimate of drug-likeness (QED) is 0.0320. The van der Waals surface area contributed by atoms with Crippen molar-refractivity contribution >= 4 is 13.7 Å². The molecule has 0 saturated carbocycles. The first-order valence-corrected chi connectivity index (χ1v) is 19.4. The van der Waals surface area contributed by atoms with Crippen molar-refractivity contribution in [2.45, 2.75) is 148 Å². The van der Waals surface area contributed by atoms with E-state index in [2.05, 4.69) is 67.8 Å². The van der Waals surface area contributed by atoms with Crippen LogP contribution in [-0.2, 0) is 18.4 Å². The standard InChI is InChI=1S/C37H67N2O6P/c1-3-5-7-9-11-13-15-17-18-19-21-23-25-27-29-31-37(41)39-35(34-45-46(42,43)44-33-32-38)36(40)30-28-26-24-22-20-16-14-12-10-8-6-4-2/h5,7,11,13,17-18,20,22,28,30,35-36,40H,3-4,6,8-10,12,14-16,19,21,23-27,29,31-34,38H2,1-2H3,(H,39,41)(H,42,43)/b7-5-,13-11-,18-17-,22-20+,30-28+. The monoisotopic (exact) mass is 666 g/mol. The Hall–Kier alpha value is -1.80. The number of aliphatic hydroxyl groups excluding tert-OH is 1. The van der Waals surface area contributed by atoms with Gasteiger partial charge >= 0.3 is 7.82 Å². The molecule has 0 rings (SSSR count). The molecule has 3 unspecified atom stereocenters. The average molecular weight is 667 g/mol. The number of carbonyl (C=O) groups is 1. The minimum atomic E-state index is -4.34. The normalized spacial score (nSPS) is 15.2. The molecule has 0 fully saturated rings. The number of unbranched alkanes of at least 4 members (excludes halogenated alkanes) is 12. The molecule has 0 spiro atoms. The molecule has 8 nitrogen and oxygen atoms in total.